The summed E-state index contributed by atoms with van der Waals surface area (Å²) in [5, 5.41) is 1.63. The maximum atomic E-state index is 13.5. The molecular formula is C22H11Br2Cl2IN2O. The summed E-state index contributed by atoms with van der Waals surface area (Å²) in [5.41, 5.74) is 1.94. The summed E-state index contributed by atoms with van der Waals surface area (Å²) >= 11 is 21.5. The Morgan fingerprint density at radius 3 is 2.53 bits per heavy atom. The molecule has 3 nitrogen and oxygen atoms in total. The van der Waals surface area contributed by atoms with Crippen molar-refractivity contribution in [1.82, 2.24) is 9.55 Å². The lowest BCUT2D eigenvalue weighted by Gasteiger charge is -2.14. The Labute approximate surface area is 213 Å². The molecule has 8 heteroatoms. The second-order valence-corrected chi connectivity index (χ2v) is 10.2. The van der Waals surface area contributed by atoms with E-state index in [-0.39, 0.29) is 5.56 Å². The van der Waals surface area contributed by atoms with Gasteiger partial charge < -0.3 is 0 Å². The van der Waals surface area contributed by atoms with Crippen LogP contribution in [0.2, 0.25) is 10.0 Å². The Morgan fingerprint density at radius 1 is 0.967 bits per heavy atom. The van der Waals surface area contributed by atoms with Crippen LogP contribution in [0.5, 0.6) is 0 Å². The van der Waals surface area contributed by atoms with E-state index < -0.39 is 0 Å². The Morgan fingerprint density at radius 2 is 1.77 bits per heavy atom. The molecule has 0 spiro atoms. The molecule has 0 fully saturated rings. The zero-order chi connectivity index (χ0) is 21.4. The van der Waals surface area contributed by atoms with Gasteiger partial charge in [0.25, 0.3) is 5.56 Å². The summed E-state index contributed by atoms with van der Waals surface area (Å²) in [6.07, 6.45) is 3.60. The highest BCUT2D eigenvalue weighted by Gasteiger charge is 2.14. The van der Waals surface area contributed by atoms with Gasteiger partial charge in [0.05, 0.1) is 16.6 Å². The van der Waals surface area contributed by atoms with Gasteiger partial charge in [-0.05, 0) is 105 Å². The average Bonchev–Trinajstić information content (AvgIpc) is 2.70. The predicted molar refractivity (Wildman–Crippen MR) is 141 cm³/mol. The fourth-order valence-corrected chi connectivity index (χ4v) is 4.71. The largest absolute Gasteiger partial charge is 0.268 e. The second-order valence-electron chi connectivity index (χ2n) is 6.37. The van der Waals surface area contributed by atoms with Gasteiger partial charge in [0.15, 0.2) is 0 Å². The Balaban J connectivity index is 2.00. The number of rotatable bonds is 3. The van der Waals surface area contributed by atoms with Gasteiger partial charge in [-0.2, -0.15) is 0 Å². The van der Waals surface area contributed by atoms with Crippen LogP contribution in [-0.4, -0.2) is 9.55 Å². The van der Waals surface area contributed by atoms with E-state index >= 15 is 0 Å². The molecule has 4 aromatic rings. The number of hydrogen-bond acceptors (Lipinski definition) is 2. The molecule has 0 N–H and O–H groups in total. The summed E-state index contributed by atoms with van der Waals surface area (Å²) < 4.78 is 4.19. The molecule has 3 aromatic carbocycles. The van der Waals surface area contributed by atoms with Gasteiger partial charge in [-0.3, -0.25) is 9.36 Å². The highest BCUT2D eigenvalue weighted by Crippen LogP contribution is 2.27. The van der Waals surface area contributed by atoms with Gasteiger partial charge in [0.2, 0.25) is 0 Å². The number of benzene rings is 3. The monoisotopic (exact) mass is 674 g/mol. The molecule has 0 saturated heterocycles. The van der Waals surface area contributed by atoms with Crippen LogP contribution >= 0.6 is 77.7 Å². The minimum Gasteiger partial charge on any atom is -0.268 e. The first-order valence-corrected chi connectivity index (χ1v) is 12.1. The minimum atomic E-state index is -0.154. The lowest BCUT2D eigenvalue weighted by molar-refractivity contribution is 0.938. The summed E-state index contributed by atoms with van der Waals surface area (Å²) in [4.78, 5) is 18.2. The van der Waals surface area contributed by atoms with Crippen molar-refractivity contribution in [1.29, 1.82) is 0 Å². The molecular weight excluding hydrogens is 666 g/mol. The van der Waals surface area contributed by atoms with Crippen LogP contribution in [0.25, 0.3) is 28.7 Å². The Hall–Kier alpha value is -1.19. The number of aromatic nitrogens is 2. The maximum Gasteiger partial charge on any atom is 0.266 e. The van der Waals surface area contributed by atoms with Crippen molar-refractivity contribution in [3.05, 3.63) is 98.9 Å². The third kappa shape index (κ3) is 4.53. The molecule has 0 atom stereocenters. The highest BCUT2D eigenvalue weighted by atomic mass is 127. The molecule has 0 unspecified atom stereocenters. The van der Waals surface area contributed by atoms with E-state index in [0.717, 1.165) is 18.1 Å². The number of fused-ring (bicyclic) bond motifs is 1. The summed E-state index contributed by atoms with van der Waals surface area (Å²) in [5.74, 6) is 0.485. The first kappa shape index (κ1) is 22.0. The molecule has 0 bridgehead atoms. The van der Waals surface area contributed by atoms with Crippen molar-refractivity contribution >= 4 is 101 Å². The van der Waals surface area contributed by atoms with Crippen molar-refractivity contribution in [3.63, 3.8) is 0 Å². The van der Waals surface area contributed by atoms with Crippen LogP contribution in [-0.2, 0) is 0 Å². The zero-order valence-corrected chi connectivity index (χ0v) is 21.9. The highest BCUT2D eigenvalue weighted by molar-refractivity contribution is 14.1. The third-order valence-electron chi connectivity index (χ3n) is 4.38. The minimum absolute atomic E-state index is 0.154. The lowest BCUT2D eigenvalue weighted by atomic mass is 10.2. The van der Waals surface area contributed by atoms with Gasteiger partial charge in [-0.1, -0.05) is 45.2 Å². The maximum absolute atomic E-state index is 13.5. The fourth-order valence-electron chi connectivity index (χ4n) is 2.98. The van der Waals surface area contributed by atoms with Crippen LogP contribution in [0.15, 0.2) is 68.3 Å². The normalized spacial score (nSPS) is 11.5. The van der Waals surface area contributed by atoms with Crippen molar-refractivity contribution in [3.8, 4) is 5.69 Å². The van der Waals surface area contributed by atoms with Crippen molar-refractivity contribution in [2.45, 2.75) is 0 Å². The number of nitrogens with zero attached hydrogens (tertiary/aromatic N) is 2. The molecule has 4 rings (SSSR count). The van der Waals surface area contributed by atoms with E-state index in [1.165, 1.54) is 0 Å². The summed E-state index contributed by atoms with van der Waals surface area (Å²) in [7, 11) is 0. The van der Waals surface area contributed by atoms with Crippen LogP contribution in [0.3, 0.4) is 0 Å². The van der Waals surface area contributed by atoms with E-state index in [4.69, 9.17) is 28.2 Å². The van der Waals surface area contributed by atoms with E-state index in [2.05, 4.69) is 54.5 Å². The van der Waals surface area contributed by atoms with Crippen molar-refractivity contribution in [2.24, 2.45) is 0 Å². The lowest BCUT2D eigenvalue weighted by Crippen LogP contribution is -2.22. The molecule has 0 saturated carbocycles. The third-order valence-corrected chi connectivity index (χ3v) is 6.78. The summed E-state index contributed by atoms with van der Waals surface area (Å²) in [6.45, 7) is 0. The molecule has 0 aliphatic carbocycles. The van der Waals surface area contributed by atoms with Crippen molar-refractivity contribution in [2.75, 3.05) is 0 Å². The SMILES string of the molecule is O=c1c2cc(I)ccc2nc(/C=C/c2ccc(Cl)cc2Cl)n1-c1cc(Br)ccc1Br. The standard InChI is InChI=1S/C22H11Br2Cl2IN2O/c23-13-3-6-17(24)20(9-13)29-21(8-2-12-1-4-14(25)10-18(12)26)28-19-7-5-15(27)11-16(19)22(29)30/h1-11H/b8-2+. The predicted octanol–water partition coefficient (Wildman–Crippen LogP) is 7.99. The van der Waals surface area contributed by atoms with E-state index in [0.29, 0.717) is 32.5 Å². The van der Waals surface area contributed by atoms with E-state index in [1.54, 1.807) is 22.8 Å². The number of hydrogen-bond donors (Lipinski definition) is 0. The van der Waals surface area contributed by atoms with Crippen LogP contribution in [0, 0.1) is 3.57 Å². The van der Waals surface area contributed by atoms with Gasteiger partial charge in [-0.25, -0.2) is 4.98 Å². The van der Waals surface area contributed by atoms with Gasteiger partial charge in [0, 0.05) is 22.6 Å². The molecule has 0 aliphatic rings. The van der Waals surface area contributed by atoms with Gasteiger partial charge in [-0.15, -0.1) is 0 Å². The van der Waals surface area contributed by atoms with E-state index in [9.17, 15) is 4.79 Å². The van der Waals surface area contributed by atoms with E-state index in [1.807, 2.05) is 48.5 Å². The molecule has 0 radical (unpaired) electrons. The summed E-state index contributed by atoms with van der Waals surface area (Å²) in [6, 6.07) is 16.5. The average molecular weight is 677 g/mol. The molecule has 30 heavy (non-hydrogen) atoms. The molecule has 150 valence electrons. The topological polar surface area (TPSA) is 34.9 Å². The first-order chi connectivity index (χ1) is 14.3. The zero-order valence-electron chi connectivity index (χ0n) is 15.0. The van der Waals surface area contributed by atoms with Gasteiger partial charge in [0.1, 0.15) is 5.82 Å². The van der Waals surface area contributed by atoms with Crippen molar-refractivity contribution < 1.29 is 0 Å². The molecule has 0 amide bonds. The molecule has 0 aliphatic heterocycles. The molecule has 1 heterocycles. The first-order valence-electron chi connectivity index (χ1n) is 8.64. The fraction of sp³-hybridized carbons (Fsp3) is 0. The van der Waals surface area contributed by atoms with Gasteiger partial charge >= 0.3 is 0 Å². The quantitative estimate of drug-likeness (QED) is 0.206. The molecule has 1 aromatic heterocycles. The Kier molecular flexibility index (Phi) is 6.70. The smallest absolute Gasteiger partial charge is 0.266 e. The van der Waals surface area contributed by atoms with Crippen LogP contribution in [0.1, 0.15) is 11.4 Å². The number of halogens is 5. The Bertz CT molecular complexity index is 1390. The van der Waals surface area contributed by atoms with Crippen LogP contribution in [0.4, 0.5) is 0 Å². The second kappa shape index (κ2) is 9.12. The van der Waals surface area contributed by atoms with Crippen LogP contribution < -0.4 is 5.56 Å².